The largest absolute Gasteiger partial charge is 0.382 e. The first-order valence-electron chi connectivity index (χ1n) is 6.09. The Morgan fingerprint density at radius 1 is 1.67 bits per heavy atom. The van der Waals surface area contributed by atoms with Crippen molar-refractivity contribution in [3.8, 4) is 0 Å². The van der Waals surface area contributed by atoms with Gasteiger partial charge in [0.15, 0.2) is 0 Å². The predicted octanol–water partition coefficient (Wildman–Crippen LogP) is 1.88. The average molecular weight is 267 g/mol. The first-order valence-corrected chi connectivity index (χ1v) is 6.97. The number of thiazole rings is 1. The minimum atomic E-state index is -0.473. The summed E-state index contributed by atoms with van der Waals surface area (Å²) in [5, 5.41) is 9.70. The Labute approximate surface area is 110 Å². The first-order chi connectivity index (χ1) is 8.69. The van der Waals surface area contributed by atoms with Crippen molar-refractivity contribution in [1.82, 2.24) is 10.3 Å². The summed E-state index contributed by atoms with van der Waals surface area (Å²) in [6, 6.07) is 0. The third-order valence-electron chi connectivity index (χ3n) is 2.62. The van der Waals surface area contributed by atoms with Crippen LogP contribution in [-0.2, 0) is 22.6 Å². The Kier molecular flexibility index (Phi) is 4.30. The SMILES string of the molecule is CCCc1nc(CNC(=O)[C@H]2CC(C)=NO2)cs1. The number of rotatable bonds is 5. The summed E-state index contributed by atoms with van der Waals surface area (Å²) in [5.74, 6) is -0.124. The second-order valence-corrected chi connectivity index (χ2v) is 5.27. The normalized spacial score (nSPS) is 18.3. The number of aromatic nitrogens is 1. The van der Waals surface area contributed by atoms with Gasteiger partial charge in [0, 0.05) is 11.8 Å². The van der Waals surface area contributed by atoms with Crippen molar-refractivity contribution in [3.05, 3.63) is 16.1 Å². The molecule has 0 spiro atoms. The van der Waals surface area contributed by atoms with Crippen LogP contribution in [0.4, 0.5) is 0 Å². The number of carbonyl (C=O) groups excluding carboxylic acids is 1. The van der Waals surface area contributed by atoms with E-state index in [1.807, 2.05) is 12.3 Å². The number of nitrogens with zero attached hydrogens (tertiary/aromatic N) is 2. The molecule has 5 nitrogen and oxygen atoms in total. The summed E-state index contributed by atoms with van der Waals surface area (Å²) in [6.07, 6.45) is 2.19. The van der Waals surface area contributed by atoms with Crippen LogP contribution >= 0.6 is 11.3 Å². The minimum absolute atomic E-state index is 0.124. The van der Waals surface area contributed by atoms with Crippen LogP contribution in [0.3, 0.4) is 0 Å². The predicted molar refractivity (Wildman–Crippen MR) is 70.6 cm³/mol. The van der Waals surface area contributed by atoms with Crippen LogP contribution in [0.1, 0.15) is 37.4 Å². The second kappa shape index (κ2) is 5.95. The van der Waals surface area contributed by atoms with Crippen molar-refractivity contribution in [1.29, 1.82) is 0 Å². The second-order valence-electron chi connectivity index (χ2n) is 4.33. The van der Waals surface area contributed by atoms with Gasteiger partial charge in [-0.1, -0.05) is 12.1 Å². The fraction of sp³-hybridized carbons (Fsp3) is 0.583. The van der Waals surface area contributed by atoms with Crippen LogP contribution in [0.2, 0.25) is 0 Å². The molecule has 0 aromatic carbocycles. The van der Waals surface area contributed by atoms with E-state index in [4.69, 9.17) is 4.84 Å². The molecule has 2 heterocycles. The Morgan fingerprint density at radius 2 is 2.50 bits per heavy atom. The van der Waals surface area contributed by atoms with E-state index in [0.717, 1.165) is 29.3 Å². The molecule has 1 aromatic rings. The van der Waals surface area contributed by atoms with Crippen LogP contribution in [0, 0.1) is 0 Å². The van der Waals surface area contributed by atoms with Gasteiger partial charge in [0.05, 0.1) is 23.0 Å². The number of nitrogens with one attached hydrogen (secondary N) is 1. The molecule has 2 rings (SSSR count). The van der Waals surface area contributed by atoms with E-state index in [1.165, 1.54) is 0 Å². The summed E-state index contributed by atoms with van der Waals surface area (Å²) < 4.78 is 0. The van der Waals surface area contributed by atoms with E-state index >= 15 is 0 Å². The molecule has 0 unspecified atom stereocenters. The van der Waals surface area contributed by atoms with Gasteiger partial charge in [-0.05, 0) is 19.8 Å². The monoisotopic (exact) mass is 267 g/mol. The molecule has 0 aliphatic carbocycles. The van der Waals surface area contributed by atoms with Gasteiger partial charge in [-0.3, -0.25) is 4.79 Å². The van der Waals surface area contributed by atoms with Crippen LogP contribution in [0.15, 0.2) is 10.5 Å². The molecule has 0 saturated carbocycles. The van der Waals surface area contributed by atoms with Crippen molar-refractivity contribution in [3.63, 3.8) is 0 Å². The summed E-state index contributed by atoms with van der Waals surface area (Å²) in [4.78, 5) is 21.2. The standard InChI is InChI=1S/C12H17N3O2S/c1-3-4-11-14-9(7-18-11)6-13-12(16)10-5-8(2)15-17-10/h7,10H,3-6H2,1-2H3,(H,13,16)/t10-/m1/s1. The lowest BCUT2D eigenvalue weighted by Gasteiger charge is -2.07. The van der Waals surface area contributed by atoms with E-state index in [1.54, 1.807) is 11.3 Å². The van der Waals surface area contributed by atoms with Gasteiger partial charge in [-0.2, -0.15) is 0 Å². The van der Waals surface area contributed by atoms with E-state index < -0.39 is 6.10 Å². The molecule has 1 aliphatic heterocycles. The van der Waals surface area contributed by atoms with E-state index in [0.29, 0.717) is 13.0 Å². The van der Waals surface area contributed by atoms with Gasteiger partial charge < -0.3 is 10.2 Å². The molecular formula is C12H17N3O2S. The summed E-state index contributed by atoms with van der Waals surface area (Å²) in [5.41, 5.74) is 1.77. The molecule has 98 valence electrons. The van der Waals surface area contributed by atoms with Crippen molar-refractivity contribution in [2.24, 2.45) is 5.16 Å². The lowest BCUT2D eigenvalue weighted by atomic mass is 10.2. The van der Waals surface area contributed by atoms with Crippen LogP contribution in [0.5, 0.6) is 0 Å². The van der Waals surface area contributed by atoms with E-state index in [2.05, 4.69) is 22.4 Å². The lowest BCUT2D eigenvalue weighted by molar-refractivity contribution is -0.131. The summed E-state index contributed by atoms with van der Waals surface area (Å²) >= 11 is 1.64. The van der Waals surface area contributed by atoms with Crippen molar-refractivity contribution < 1.29 is 9.63 Å². The lowest BCUT2D eigenvalue weighted by Crippen LogP contribution is -2.34. The number of hydrogen-bond donors (Lipinski definition) is 1. The van der Waals surface area contributed by atoms with Gasteiger partial charge >= 0.3 is 0 Å². The van der Waals surface area contributed by atoms with Crippen LogP contribution in [0.25, 0.3) is 0 Å². The third kappa shape index (κ3) is 3.29. The van der Waals surface area contributed by atoms with Crippen LogP contribution < -0.4 is 5.32 Å². The highest BCUT2D eigenvalue weighted by molar-refractivity contribution is 7.09. The van der Waals surface area contributed by atoms with Gasteiger partial charge in [-0.25, -0.2) is 4.98 Å². The highest BCUT2D eigenvalue weighted by atomic mass is 32.1. The molecule has 6 heteroatoms. The highest BCUT2D eigenvalue weighted by Gasteiger charge is 2.25. The molecule has 1 aromatic heterocycles. The van der Waals surface area contributed by atoms with E-state index in [-0.39, 0.29) is 5.91 Å². The van der Waals surface area contributed by atoms with Gasteiger partial charge in [-0.15, -0.1) is 11.3 Å². The molecule has 1 N–H and O–H groups in total. The van der Waals surface area contributed by atoms with Crippen LogP contribution in [-0.4, -0.2) is 22.7 Å². The Bertz CT molecular complexity index is 456. The molecule has 0 bridgehead atoms. The molecular weight excluding hydrogens is 250 g/mol. The number of oxime groups is 1. The fourth-order valence-electron chi connectivity index (χ4n) is 1.69. The Balaban J connectivity index is 1.78. The molecule has 1 aliphatic rings. The molecule has 0 saturated heterocycles. The minimum Gasteiger partial charge on any atom is -0.382 e. The quantitative estimate of drug-likeness (QED) is 0.886. The fourth-order valence-corrected chi connectivity index (χ4v) is 2.59. The molecule has 0 radical (unpaired) electrons. The first kappa shape index (κ1) is 13.0. The van der Waals surface area contributed by atoms with Crippen molar-refractivity contribution >= 4 is 23.0 Å². The third-order valence-corrected chi connectivity index (χ3v) is 3.57. The maximum absolute atomic E-state index is 11.8. The molecule has 1 atom stereocenters. The number of carbonyl (C=O) groups is 1. The zero-order valence-electron chi connectivity index (χ0n) is 10.6. The van der Waals surface area contributed by atoms with Crippen molar-refractivity contribution in [2.75, 3.05) is 0 Å². The maximum Gasteiger partial charge on any atom is 0.264 e. The molecule has 18 heavy (non-hydrogen) atoms. The molecule has 0 fully saturated rings. The van der Waals surface area contributed by atoms with Gasteiger partial charge in [0.1, 0.15) is 0 Å². The topological polar surface area (TPSA) is 63.6 Å². The molecule has 1 amide bonds. The van der Waals surface area contributed by atoms with Crippen molar-refractivity contribution in [2.45, 2.75) is 45.8 Å². The average Bonchev–Trinajstić information content (AvgIpc) is 2.96. The summed E-state index contributed by atoms with van der Waals surface area (Å²) in [7, 11) is 0. The Morgan fingerprint density at radius 3 is 3.17 bits per heavy atom. The van der Waals surface area contributed by atoms with Gasteiger partial charge in [0.2, 0.25) is 6.10 Å². The zero-order chi connectivity index (χ0) is 13.0. The Hall–Kier alpha value is -1.43. The number of amides is 1. The van der Waals surface area contributed by atoms with E-state index in [9.17, 15) is 4.79 Å². The summed E-state index contributed by atoms with van der Waals surface area (Å²) in [6.45, 7) is 4.44. The number of hydrogen-bond acceptors (Lipinski definition) is 5. The van der Waals surface area contributed by atoms with Gasteiger partial charge in [0.25, 0.3) is 5.91 Å². The maximum atomic E-state index is 11.8. The smallest absolute Gasteiger partial charge is 0.264 e. The highest BCUT2D eigenvalue weighted by Crippen LogP contribution is 2.13. The number of aryl methyl sites for hydroxylation is 1. The zero-order valence-corrected chi connectivity index (χ0v) is 11.4.